The number of unbranched alkanes of at least 4 members (excludes halogenated alkanes) is 1. The molecule has 1 aromatic rings. The molecule has 0 heterocycles. The lowest BCUT2D eigenvalue weighted by Gasteiger charge is -2.16. The fourth-order valence-corrected chi connectivity index (χ4v) is 2.04. The summed E-state index contributed by atoms with van der Waals surface area (Å²) in [6.45, 7) is 4.68. The van der Waals surface area contributed by atoms with Gasteiger partial charge in [-0.1, -0.05) is 33.1 Å². The van der Waals surface area contributed by atoms with Crippen molar-refractivity contribution < 1.29 is 24.5 Å². The third kappa shape index (κ3) is 5.45. The Hall–Kier alpha value is -2.04. The van der Waals surface area contributed by atoms with Crippen LogP contribution in [0.4, 0.5) is 0 Å². The van der Waals surface area contributed by atoms with E-state index in [0.717, 1.165) is 31.7 Å². The molecule has 0 spiro atoms. The third-order valence-corrected chi connectivity index (χ3v) is 3.43. The highest BCUT2D eigenvalue weighted by Crippen LogP contribution is 2.20. The summed E-state index contributed by atoms with van der Waals surface area (Å²) in [6.07, 6.45) is 4.27. The summed E-state index contributed by atoms with van der Waals surface area (Å²) in [4.78, 5) is 22.0. The molecule has 2 N–H and O–H groups in total. The van der Waals surface area contributed by atoms with Crippen molar-refractivity contribution in [3.63, 3.8) is 0 Å². The van der Waals surface area contributed by atoms with E-state index < -0.39 is 11.9 Å². The number of hydrogen-bond donors (Lipinski definition) is 2. The van der Waals surface area contributed by atoms with Crippen LogP contribution in [0.1, 0.15) is 60.2 Å². The summed E-state index contributed by atoms with van der Waals surface area (Å²) in [6, 6.07) is 3.86. The molecule has 0 saturated carbocycles. The molecule has 1 aromatic carbocycles. The maximum atomic E-state index is 11.0. The molecule has 0 fully saturated rings. The summed E-state index contributed by atoms with van der Waals surface area (Å²) >= 11 is 0. The Morgan fingerprint density at radius 2 is 1.67 bits per heavy atom. The van der Waals surface area contributed by atoms with E-state index in [1.807, 2.05) is 0 Å². The van der Waals surface area contributed by atoms with Crippen molar-refractivity contribution in [2.75, 3.05) is 6.61 Å². The maximum Gasteiger partial charge on any atom is 0.335 e. The monoisotopic (exact) mass is 294 g/mol. The standard InChI is InChI=1S/C16H22O5/c1-3-5-6-11(4-2)10-21-14-8-12(15(17)18)7-13(9-14)16(19)20/h7-9,11H,3-6,10H2,1-2H3,(H,17,18)(H,19,20). The van der Waals surface area contributed by atoms with Gasteiger partial charge in [0.1, 0.15) is 5.75 Å². The van der Waals surface area contributed by atoms with Crippen molar-refractivity contribution in [3.8, 4) is 5.75 Å². The van der Waals surface area contributed by atoms with Crippen LogP contribution in [0.5, 0.6) is 5.75 Å². The van der Waals surface area contributed by atoms with Gasteiger partial charge in [-0.3, -0.25) is 0 Å². The van der Waals surface area contributed by atoms with Crippen LogP contribution in [-0.2, 0) is 0 Å². The Morgan fingerprint density at radius 1 is 1.10 bits per heavy atom. The molecule has 1 unspecified atom stereocenters. The molecule has 5 nitrogen and oxygen atoms in total. The SMILES string of the molecule is CCCCC(CC)COc1cc(C(=O)O)cc(C(=O)O)c1. The number of carboxylic acids is 2. The highest BCUT2D eigenvalue weighted by molar-refractivity contribution is 5.94. The quantitative estimate of drug-likeness (QED) is 0.725. The number of aromatic carboxylic acids is 2. The summed E-state index contributed by atoms with van der Waals surface area (Å²) in [5.74, 6) is -1.64. The Kier molecular flexibility index (Phi) is 6.72. The predicted molar refractivity (Wildman–Crippen MR) is 79.2 cm³/mol. The minimum Gasteiger partial charge on any atom is -0.493 e. The summed E-state index contributed by atoms with van der Waals surface area (Å²) in [5.41, 5.74) is -0.155. The molecule has 5 heteroatoms. The second kappa shape index (κ2) is 8.29. The number of hydrogen-bond acceptors (Lipinski definition) is 3. The van der Waals surface area contributed by atoms with Crippen molar-refractivity contribution in [1.82, 2.24) is 0 Å². The normalized spacial score (nSPS) is 11.9. The molecule has 0 bridgehead atoms. The van der Waals surface area contributed by atoms with Gasteiger partial charge in [0.15, 0.2) is 0 Å². The van der Waals surface area contributed by atoms with Gasteiger partial charge in [-0.05, 0) is 30.5 Å². The zero-order valence-electron chi connectivity index (χ0n) is 12.5. The van der Waals surface area contributed by atoms with E-state index in [4.69, 9.17) is 14.9 Å². The summed E-state index contributed by atoms with van der Waals surface area (Å²) < 4.78 is 5.61. The molecule has 116 valence electrons. The van der Waals surface area contributed by atoms with E-state index in [1.54, 1.807) is 0 Å². The van der Waals surface area contributed by atoms with Crippen molar-refractivity contribution in [2.45, 2.75) is 39.5 Å². The van der Waals surface area contributed by atoms with Gasteiger partial charge in [0.25, 0.3) is 0 Å². The van der Waals surface area contributed by atoms with Crippen molar-refractivity contribution >= 4 is 11.9 Å². The number of benzene rings is 1. The van der Waals surface area contributed by atoms with Crippen LogP contribution in [0.2, 0.25) is 0 Å². The van der Waals surface area contributed by atoms with E-state index in [0.29, 0.717) is 18.3 Å². The Labute approximate surface area is 124 Å². The van der Waals surface area contributed by atoms with Gasteiger partial charge in [-0.2, -0.15) is 0 Å². The van der Waals surface area contributed by atoms with Gasteiger partial charge in [0.2, 0.25) is 0 Å². The molecule has 1 atom stereocenters. The van der Waals surface area contributed by atoms with Gasteiger partial charge in [-0.15, -0.1) is 0 Å². The number of ether oxygens (including phenoxy) is 1. The van der Waals surface area contributed by atoms with Crippen LogP contribution in [0.15, 0.2) is 18.2 Å². The van der Waals surface area contributed by atoms with E-state index in [1.165, 1.54) is 12.1 Å². The molecule has 0 radical (unpaired) electrons. The first-order valence-corrected chi connectivity index (χ1v) is 7.22. The van der Waals surface area contributed by atoms with Crippen LogP contribution in [0, 0.1) is 5.92 Å². The Morgan fingerprint density at radius 3 is 2.10 bits per heavy atom. The first-order chi connectivity index (χ1) is 9.97. The predicted octanol–water partition coefficient (Wildman–Crippen LogP) is 3.68. The lowest BCUT2D eigenvalue weighted by Crippen LogP contribution is -2.12. The molecule has 0 aliphatic rings. The zero-order chi connectivity index (χ0) is 15.8. The Balaban J connectivity index is 2.81. The molecule has 0 aromatic heterocycles. The first-order valence-electron chi connectivity index (χ1n) is 7.22. The highest BCUT2D eigenvalue weighted by Gasteiger charge is 2.13. The van der Waals surface area contributed by atoms with Crippen LogP contribution in [0.3, 0.4) is 0 Å². The highest BCUT2D eigenvalue weighted by atomic mass is 16.5. The molecule has 0 saturated heterocycles. The molecular weight excluding hydrogens is 272 g/mol. The van der Waals surface area contributed by atoms with Crippen molar-refractivity contribution in [2.24, 2.45) is 5.92 Å². The van der Waals surface area contributed by atoms with Crippen LogP contribution in [0.25, 0.3) is 0 Å². The molecule has 1 rings (SSSR count). The largest absolute Gasteiger partial charge is 0.493 e. The topological polar surface area (TPSA) is 83.8 Å². The van der Waals surface area contributed by atoms with E-state index in [2.05, 4.69) is 13.8 Å². The van der Waals surface area contributed by atoms with Gasteiger partial charge in [0, 0.05) is 0 Å². The summed E-state index contributed by atoms with van der Waals surface area (Å²) in [5, 5.41) is 18.0. The molecule has 0 aliphatic heterocycles. The second-order valence-corrected chi connectivity index (χ2v) is 5.08. The first kappa shape index (κ1) is 17.0. The average Bonchev–Trinajstić information content (AvgIpc) is 2.47. The lowest BCUT2D eigenvalue weighted by atomic mass is 10.0. The van der Waals surface area contributed by atoms with E-state index >= 15 is 0 Å². The maximum absolute atomic E-state index is 11.0. The zero-order valence-corrected chi connectivity index (χ0v) is 12.5. The lowest BCUT2D eigenvalue weighted by molar-refractivity contribution is 0.0696. The van der Waals surface area contributed by atoms with Gasteiger partial charge in [0.05, 0.1) is 17.7 Å². The smallest absolute Gasteiger partial charge is 0.335 e. The fourth-order valence-electron chi connectivity index (χ4n) is 2.04. The van der Waals surface area contributed by atoms with Crippen LogP contribution < -0.4 is 4.74 Å². The summed E-state index contributed by atoms with van der Waals surface area (Å²) in [7, 11) is 0. The van der Waals surface area contributed by atoms with Crippen molar-refractivity contribution in [3.05, 3.63) is 29.3 Å². The number of rotatable bonds is 9. The van der Waals surface area contributed by atoms with E-state index in [9.17, 15) is 9.59 Å². The fraction of sp³-hybridized carbons (Fsp3) is 0.500. The minimum atomic E-state index is -1.17. The minimum absolute atomic E-state index is 0.0773. The van der Waals surface area contributed by atoms with Crippen molar-refractivity contribution in [1.29, 1.82) is 0 Å². The molecular formula is C16H22O5. The van der Waals surface area contributed by atoms with E-state index in [-0.39, 0.29) is 11.1 Å². The average molecular weight is 294 g/mol. The van der Waals surface area contributed by atoms with Crippen LogP contribution in [-0.4, -0.2) is 28.8 Å². The van der Waals surface area contributed by atoms with Crippen LogP contribution >= 0.6 is 0 Å². The second-order valence-electron chi connectivity index (χ2n) is 5.08. The third-order valence-electron chi connectivity index (χ3n) is 3.43. The van der Waals surface area contributed by atoms with Gasteiger partial charge in [-0.25, -0.2) is 9.59 Å². The van der Waals surface area contributed by atoms with Gasteiger partial charge < -0.3 is 14.9 Å². The number of carboxylic acid groups (broad SMARTS) is 2. The molecule has 0 amide bonds. The molecule has 0 aliphatic carbocycles. The molecule has 21 heavy (non-hydrogen) atoms. The number of carbonyl (C=O) groups is 2. The van der Waals surface area contributed by atoms with Gasteiger partial charge >= 0.3 is 11.9 Å². The Bertz CT molecular complexity index is 463.